The van der Waals surface area contributed by atoms with Crippen molar-refractivity contribution in [3.8, 4) is 0 Å². The lowest BCUT2D eigenvalue weighted by molar-refractivity contribution is -0.126. The van der Waals surface area contributed by atoms with Crippen molar-refractivity contribution in [1.82, 2.24) is 9.97 Å². The number of aromatic nitrogens is 2. The first kappa shape index (κ1) is 19.6. The van der Waals surface area contributed by atoms with Crippen molar-refractivity contribution >= 4 is 33.1 Å². The average Bonchev–Trinajstić information content (AvgIpc) is 3.40. The van der Waals surface area contributed by atoms with Crippen LogP contribution in [0.15, 0.2) is 42.7 Å². The molecule has 2 aromatic heterocycles. The molecule has 1 saturated heterocycles. The van der Waals surface area contributed by atoms with Gasteiger partial charge in [-0.2, -0.15) is 13.2 Å². The lowest BCUT2D eigenvalue weighted by atomic mass is 9.85. The molecule has 1 saturated carbocycles. The Bertz CT molecular complexity index is 1040. The number of nitrogens with one attached hydrogen (secondary N) is 1. The number of fused-ring (bicyclic) bond motifs is 1. The number of para-hydroxylation sites is 1. The van der Waals surface area contributed by atoms with Crippen LogP contribution in [-0.4, -0.2) is 35.3 Å². The van der Waals surface area contributed by atoms with Crippen molar-refractivity contribution in [3.63, 3.8) is 0 Å². The van der Waals surface area contributed by atoms with Gasteiger partial charge in [-0.25, -0.2) is 9.97 Å². The summed E-state index contributed by atoms with van der Waals surface area (Å²) in [6, 6.07) is 12.4. The normalized spacial score (nSPS) is 24.2. The number of thiophene rings is 1. The Balaban J connectivity index is 1.32. The summed E-state index contributed by atoms with van der Waals surface area (Å²) in [5.41, 5.74) is 1.40. The van der Waals surface area contributed by atoms with E-state index in [2.05, 4.69) is 32.3 Å². The number of benzene rings is 1. The van der Waals surface area contributed by atoms with E-state index in [4.69, 9.17) is 0 Å². The first-order chi connectivity index (χ1) is 14.4. The number of halogens is 3. The fourth-order valence-corrected chi connectivity index (χ4v) is 6.04. The van der Waals surface area contributed by atoms with Gasteiger partial charge in [0.15, 0.2) is 0 Å². The molecule has 1 aliphatic heterocycles. The zero-order valence-corrected chi connectivity index (χ0v) is 17.3. The van der Waals surface area contributed by atoms with Crippen LogP contribution in [0.4, 0.5) is 24.7 Å². The van der Waals surface area contributed by atoms with Crippen LogP contribution in [0.1, 0.15) is 30.6 Å². The molecular weight excluding hydrogens is 409 g/mol. The molecule has 2 fully saturated rings. The van der Waals surface area contributed by atoms with E-state index in [0.717, 1.165) is 67.0 Å². The molecule has 1 spiro atoms. The van der Waals surface area contributed by atoms with E-state index in [-0.39, 0.29) is 5.41 Å². The van der Waals surface area contributed by atoms with Crippen LogP contribution in [0.25, 0.3) is 10.2 Å². The number of nitrogens with zero attached hydrogens (tertiary/aromatic N) is 3. The predicted octanol–water partition coefficient (Wildman–Crippen LogP) is 5.66. The summed E-state index contributed by atoms with van der Waals surface area (Å²) in [5.74, 6) is 0.779. The molecule has 3 aromatic rings. The SMILES string of the molecule is FC(F)(F)Cc1cc2c(N3CC[C@@]4(CC[C@@H](Nc5ccccc5)C4)C3)ncnc2s1. The fraction of sp³-hybridized carbons (Fsp3) is 0.455. The highest BCUT2D eigenvalue weighted by atomic mass is 32.1. The maximum absolute atomic E-state index is 12.8. The van der Waals surface area contributed by atoms with Gasteiger partial charge in [0.05, 0.1) is 11.8 Å². The average molecular weight is 433 g/mol. The highest BCUT2D eigenvalue weighted by Crippen LogP contribution is 2.48. The molecule has 1 N–H and O–H groups in total. The van der Waals surface area contributed by atoms with Gasteiger partial charge in [0.2, 0.25) is 0 Å². The zero-order chi connectivity index (χ0) is 20.8. The third-order valence-corrected chi connectivity index (χ3v) is 7.36. The maximum atomic E-state index is 12.8. The van der Waals surface area contributed by atoms with Crippen molar-refractivity contribution in [2.24, 2.45) is 5.41 Å². The molecule has 158 valence electrons. The maximum Gasteiger partial charge on any atom is 0.393 e. The van der Waals surface area contributed by atoms with Crippen LogP contribution in [0.5, 0.6) is 0 Å². The molecule has 4 nitrogen and oxygen atoms in total. The number of rotatable bonds is 4. The third-order valence-electron chi connectivity index (χ3n) is 6.32. The zero-order valence-electron chi connectivity index (χ0n) is 16.5. The van der Waals surface area contributed by atoms with Crippen LogP contribution in [-0.2, 0) is 6.42 Å². The lowest BCUT2D eigenvalue weighted by Crippen LogP contribution is -2.27. The lowest BCUT2D eigenvalue weighted by Gasteiger charge is -2.25. The van der Waals surface area contributed by atoms with Crippen molar-refractivity contribution in [2.75, 3.05) is 23.3 Å². The Morgan fingerprint density at radius 2 is 2.00 bits per heavy atom. The van der Waals surface area contributed by atoms with E-state index in [9.17, 15) is 13.2 Å². The second kappa shape index (κ2) is 7.41. The van der Waals surface area contributed by atoms with Gasteiger partial charge in [0, 0.05) is 29.7 Å². The molecule has 30 heavy (non-hydrogen) atoms. The number of alkyl halides is 3. The molecule has 0 amide bonds. The minimum absolute atomic E-state index is 0.245. The molecule has 0 unspecified atom stereocenters. The molecule has 5 rings (SSSR count). The van der Waals surface area contributed by atoms with E-state index in [0.29, 0.717) is 15.7 Å². The molecule has 3 heterocycles. The quantitative estimate of drug-likeness (QED) is 0.578. The molecule has 0 radical (unpaired) electrons. The van der Waals surface area contributed by atoms with E-state index in [1.807, 2.05) is 18.2 Å². The monoisotopic (exact) mass is 432 g/mol. The van der Waals surface area contributed by atoms with Gasteiger partial charge >= 0.3 is 6.18 Å². The van der Waals surface area contributed by atoms with Gasteiger partial charge < -0.3 is 10.2 Å². The molecule has 1 aliphatic carbocycles. The summed E-state index contributed by atoms with van der Waals surface area (Å²) in [4.78, 5) is 11.9. The standard InChI is InChI=1S/C22H23F3N4S/c23-22(24,25)12-17-10-18-19(26-14-27-20(18)30-17)29-9-8-21(13-29)7-6-16(11-21)28-15-4-2-1-3-5-15/h1-5,10,14,16,28H,6-9,11-13H2/t16-,21-/m1/s1. The first-order valence-electron chi connectivity index (χ1n) is 10.3. The van der Waals surface area contributed by atoms with Crippen molar-refractivity contribution in [3.05, 3.63) is 47.6 Å². The Morgan fingerprint density at radius 1 is 1.17 bits per heavy atom. The van der Waals surface area contributed by atoms with Crippen molar-refractivity contribution in [2.45, 2.75) is 44.3 Å². The molecular formula is C22H23F3N4S. The highest BCUT2D eigenvalue weighted by molar-refractivity contribution is 7.18. The summed E-state index contributed by atoms with van der Waals surface area (Å²) in [6.45, 7) is 1.78. The molecule has 2 atom stereocenters. The highest BCUT2D eigenvalue weighted by Gasteiger charge is 2.44. The third kappa shape index (κ3) is 3.97. The van der Waals surface area contributed by atoms with Gasteiger partial charge in [0.1, 0.15) is 17.0 Å². The molecule has 8 heteroatoms. The summed E-state index contributed by atoms with van der Waals surface area (Å²) < 4.78 is 38.5. The van der Waals surface area contributed by atoms with E-state index in [1.165, 1.54) is 6.33 Å². The molecule has 1 aromatic carbocycles. The molecule has 0 bridgehead atoms. The van der Waals surface area contributed by atoms with Gasteiger partial charge in [-0.1, -0.05) is 18.2 Å². The second-order valence-electron chi connectivity index (χ2n) is 8.54. The summed E-state index contributed by atoms with van der Waals surface area (Å²) in [7, 11) is 0. The Kier molecular flexibility index (Phi) is 4.84. The van der Waals surface area contributed by atoms with Crippen molar-refractivity contribution < 1.29 is 13.2 Å². The van der Waals surface area contributed by atoms with Crippen LogP contribution in [0.3, 0.4) is 0 Å². The summed E-state index contributed by atoms with van der Waals surface area (Å²) in [5, 5.41) is 4.40. The summed E-state index contributed by atoms with van der Waals surface area (Å²) in [6.07, 6.45) is 0.841. The van der Waals surface area contributed by atoms with Crippen LogP contribution >= 0.6 is 11.3 Å². The molecule has 2 aliphatic rings. The smallest absolute Gasteiger partial charge is 0.382 e. The Morgan fingerprint density at radius 3 is 2.80 bits per heavy atom. The second-order valence-corrected chi connectivity index (χ2v) is 9.66. The van der Waals surface area contributed by atoms with Gasteiger partial charge in [-0.05, 0) is 49.3 Å². The van der Waals surface area contributed by atoms with E-state index in [1.54, 1.807) is 6.07 Å². The Hall–Kier alpha value is -2.35. The van der Waals surface area contributed by atoms with Crippen LogP contribution < -0.4 is 10.2 Å². The van der Waals surface area contributed by atoms with Crippen molar-refractivity contribution in [1.29, 1.82) is 0 Å². The minimum Gasteiger partial charge on any atom is -0.382 e. The van der Waals surface area contributed by atoms with Crippen LogP contribution in [0, 0.1) is 5.41 Å². The topological polar surface area (TPSA) is 41.0 Å². The minimum atomic E-state index is -4.21. The van der Waals surface area contributed by atoms with Crippen LogP contribution in [0.2, 0.25) is 0 Å². The van der Waals surface area contributed by atoms with E-state index < -0.39 is 12.6 Å². The van der Waals surface area contributed by atoms with Gasteiger partial charge in [-0.15, -0.1) is 11.3 Å². The number of anilines is 2. The largest absolute Gasteiger partial charge is 0.393 e. The summed E-state index contributed by atoms with van der Waals surface area (Å²) >= 11 is 1.11. The fourth-order valence-electron chi connectivity index (χ4n) is 5.02. The Labute approximate surface area is 177 Å². The number of hydrogen-bond donors (Lipinski definition) is 1. The van der Waals surface area contributed by atoms with Gasteiger partial charge in [0.25, 0.3) is 0 Å². The number of hydrogen-bond acceptors (Lipinski definition) is 5. The predicted molar refractivity (Wildman–Crippen MR) is 114 cm³/mol. The van der Waals surface area contributed by atoms with Gasteiger partial charge in [-0.3, -0.25) is 0 Å². The first-order valence-corrected chi connectivity index (χ1v) is 11.1. The van der Waals surface area contributed by atoms with E-state index >= 15 is 0 Å².